The van der Waals surface area contributed by atoms with Crippen molar-refractivity contribution in [2.24, 2.45) is 0 Å². The third-order valence-corrected chi connectivity index (χ3v) is 1.97. The molecule has 0 saturated carbocycles. The summed E-state index contributed by atoms with van der Waals surface area (Å²) in [6.45, 7) is 1.61. The van der Waals surface area contributed by atoms with Crippen molar-refractivity contribution in [3.05, 3.63) is 38.9 Å². The van der Waals surface area contributed by atoms with Gasteiger partial charge in [-0.3, -0.25) is 10.1 Å². The molecule has 0 aliphatic rings. The van der Waals surface area contributed by atoms with Crippen molar-refractivity contribution in [1.82, 2.24) is 0 Å². The van der Waals surface area contributed by atoms with Crippen LogP contribution in [0.2, 0.25) is 0 Å². The fourth-order valence-corrected chi connectivity index (χ4v) is 1.32. The second-order valence-corrected chi connectivity index (χ2v) is 3.07. The summed E-state index contributed by atoms with van der Waals surface area (Å²) in [6.07, 6.45) is 0. The normalized spacial score (nSPS) is 9.31. The Morgan fingerprint density at radius 3 is 2.62 bits per heavy atom. The summed E-state index contributed by atoms with van der Waals surface area (Å²) in [5.41, 5.74) is -0.238. The van der Waals surface area contributed by atoms with Crippen LogP contribution in [-0.2, 0) is 4.74 Å². The number of carbonyl (C=O) groups is 1. The summed E-state index contributed by atoms with van der Waals surface area (Å²) in [4.78, 5) is 21.4. The van der Waals surface area contributed by atoms with Crippen molar-refractivity contribution in [1.29, 1.82) is 5.26 Å². The van der Waals surface area contributed by atoms with Crippen LogP contribution in [0.3, 0.4) is 0 Å². The Balaban J connectivity index is 3.59. The first-order valence-corrected chi connectivity index (χ1v) is 4.28. The van der Waals surface area contributed by atoms with Crippen LogP contribution in [-0.4, -0.2) is 18.0 Å². The fraction of sp³-hybridized carbons (Fsp3) is 0.200. The van der Waals surface area contributed by atoms with E-state index in [1.54, 1.807) is 13.0 Å². The number of nitrogens with zero attached hydrogens (tertiary/aromatic N) is 2. The lowest BCUT2D eigenvalue weighted by Crippen LogP contribution is -2.08. The molecule has 0 spiro atoms. The number of carbonyl (C=O) groups excluding carboxylic acids is 1. The molecule has 1 rings (SSSR count). The molecule has 82 valence electrons. The van der Waals surface area contributed by atoms with Crippen molar-refractivity contribution < 1.29 is 14.5 Å². The molecule has 0 aliphatic heterocycles. The van der Waals surface area contributed by atoms with Crippen molar-refractivity contribution in [3.8, 4) is 6.07 Å². The molecule has 0 radical (unpaired) electrons. The summed E-state index contributed by atoms with van der Waals surface area (Å²) in [5, 5.41) is 19.6. The summed E-state index contributed by atoms with van der Waals surface area (Å²) >= 11 is 0. The minimum absolute atomic E-state index is 0.0569. The van der Waals surface area contributed by atoms with Gasteiger partial charge in [-0.25, -0.2) is 4.79 Å². The molecule has 16 heavy (non-hydrogen) atoms. The number of hydrogen-bond acceptors (Lipinski definition) is 5. The van der Waals surface area contributed by atoms with Crippen molar-refractivity contribution >= 4 is 11.7 Å². The van der Waals surface area contributed by atoms with E-state index in [4.69, 9.17) is 5.26 Å². The molecular formula is C10H8N2O4. The zero-order chi connectivity index (χ0) is 12.3. The first kappa shape index (κ1) is 11.7. The van der Waals surface area contributed by atoms with E-state index in [-0.39, 0.29) is 11.1 Å². The van der Waals surface area contributed by atoms with Gasteiger partial charge in [0, 0.05) is 6.07 Å². The quantitative estimate of drug-likeness (QED) is 0.428. The Labute approximate surface area is 91.2 Å². The zero-order valence-electron chi connectivity index (χ0n) is 8.68. The average Bonchev–Trinajstić information content (AvgIpc) is 2.26. The third-order valence-electron chi connectivity index (χ3n) is 1.97. The smallest absolute Gasteiger partial charge is 0.346 e. The van der Waals surface area contributed by atoms with E-state index in [1.165, 1.54) is 12.1 Å². The zero-order valence-corrected chi connectivity index (χ0v) is 8.68. The fourth-order valence-electron chi connectivity index (χ4n) is 1.32. The highest BCUT2D eigenvalue weighted by Crippen LogP contribution is 2.24. The van der Waals surface area contributed by atoms with Crippen LogP contribution in [0, 0.1) is 28.4 Å². The molecule has 0 bridgehead atoms. The molecule has 0 atom stereocenters. The lowest BCUT2D eigenvalue weighted by Gasteiger charge is -2.04. The predicted octanol–water partition coefficient (Wildman–Crippen LogP) is 1.56. The van der Waals surface area contributed by atoms with Gasteiger partial charge in [0.1, 0.15) is 6.07 Å². The molecule has 1 aromatic rings. The minimum Gasteiger partial charge on any atom is -0.465 e. The summed E-state index contributed by atoms with van der Waals surface area (Å²) in [7, 11) is 1.10. The van der Waals surface area contributed by atoms with Gasteiger partial charge in [0.15, 0.2) is 5.56 Å². The first-order chi connectivity index (χ1) is 7.51. The topological polar surface area (TPSA) is 93.2 Å². The molecular weight excluding hydrogens is 212 g/mol. The van der Waals surface area contributed by atoms with Gasteiger partial charge in [0.05, 0.1) is 17.6 Å². The van der Waals surface area contributed by atoms with Crippen LogP contribution in [0.5, 0.6) is 0 Å². The van der Waals surface area contributed by atoms with E-state index in [0.717, 1.165) is 7.11 Å². The largest absolute Gasteiger partial charge is 0.465 e. The maximum Gasteiger partial charge on any atom is 0.346 e. The molecule has 0 fully saturated rings. The molecule has 0 heterocycles. The van der Waals surface area contributed by atoms with Gasteiger partial charge in [-0.2, -0.15) is 5.26 Å². The van der Waals surface area contributed by atoms with E-state index >= 15 is 0 Å². The Morgan fingerprint density at radius 2 is 2.19 bits per heavy atom. The van der Waals surface area contributed by atoms with Gasteiger partial charge < -0.3 is 4.74 Å². The number of methoxy groups -OCH3 is 1. The van der Waals surface area contributed by atoms with Crippen molar-refractivity contribution in [3.63, 3.8) is 0 Å². The molecule has 0 N–H and O–H groups in total. The number of hydrogen-bond donors (Lipinski definition) is 0. The number of ether oxygens (including phenoxy) is 1. The van der Waals surface area contributed by atoms with E-state index in [1.807, 2.05) is 0 Å². The van der Waals surface area contributed by atoms with Gasteiger partial charge in [0.25, 0.3) is 5.69 Å². The van der Waals surface area contributed by atoms with E-state index in [0.29, 0.717) is 5.56 Å². The van der Waals surface area contributed by atoms with Gasteiger partial charge >= 0.3 is 5.97 Å². The van der Waals surface area contributed by atoms with Gasteiger partial charge in [-0.1, -0.05) is 0 Å². The van der Waals surface area contributed by atoms with Crippen LogP contribution in [0.25, 0.3) is 0 Å². The first-order valence-electron chi connectivity index (χ1n) is 4.28. The lowest BCUT2D eigenvalue weighted by molar-refractivity contribution is -0.385. The third kappa shape index (κ3) is 1.98. The van der Waals surface area contributed by atoms with Crippen LogP contribution in [0.4, 0.5) is 5.69 Å². The highest BCUT2D eigenvalue weighted by atomic mass is 16.6. The maximum atomic E-state index is 11.4. The van der Waals surface area contributed by atoms with Crippen LogP contribution in [0.15, 0.2) is 12.1 Å². The van der Waals surface area contributed by atoms with E-state index in [9.17, 15) is 14.9 Å². The maximum absolute atomic E-state index is 11.4. The molecule has 0 saturated heterocycles. The number of benzene rings is 1. The molecule has 6 nitrogen and oxygen atoms in total. The van der Waals surface area contributed by atoms with Gasteiger partial charge in [-0.05, 0) is 18.6 Å². The molecule has 6 heteroatoms. The summed E-state index contributed by atoms with van der Waals surface area (Å²) in [5.74, 6) is -0.886. The summed E-state index contributed by atoms with van der Waals surface area (Å²) < 4.78 is 4.41. The highest BCUT2D eigenvalue weighted by Gasteiger charge is 2.25. The molecule has 0 aromatic heterocycles. The van der Waals surface area contributed by atoms with E-state index in [2.05, 4.69) is 4.74 Å². The monoisotopic (exact) mass is 220 g/mol. The standard InChI is InChI=1S/C10H8N2O4/c1-6-3-7(5-11)9(10(13)16-2)8(4-6)12(14)15/h3-4H,1-2H3. The summed E-state index contributed by atoms with van der Waals surface area (Å²) in [6, 6.07) is 4.37. The van der Waals surface area contributed by atoms with Crippen LogP contribution < -0.4 is 0 Å². The Bertz CT molecular complexity index is 502. The average molecular weight is 220 g/mol. The molecule has 0 unspecified atom stereocenters. The highest BCUT2D eigenvalue weighted by molar-refractivity contribution is 5.96. The Morgan fingerprint density at radius 1 is 1.56 bits per heavy atom. The van der Waals surface area contributed by atoms with Crippen LogP contribution >= 0.6 is 0 Å². The van der Waals surface area contributed by atoms with Crippen LogP contribution in [0.1, 0.15) is 21.5 Å². The molecule has 0 aliphatic carbocycles. The second-order valence-electron chi connectivity index (χ2n) is 3.07. The number of nitro groups is 1. The number of nitriles is 1. The SMILES string of the molecule is COC(=O)c1c(C#N)cc(C)cc1[N+](=O)[O-]. The van der Waals surface area contributed by atoms with Gasteiger partial charge in [-0.15, -0.1) is 0 Å². The Hall–Kier alpha value is -2.42. The minimum atomic E-state index is -0.886. The number of esters is 1. The number of rotatable bonds is 2. The van der Waals surface area contributed by atoms with Crippen molar-refractivity contribution in [2.45, 2.75) is 6.92 Å². The number of aryl methyl sites for hydroxylation is 1. The predicted molar refractivity (Wildman–Crippen MR) is 53.9 cm³/mol. The number of nitro benzene ring substituents is 1. The molecule has 0 amide bonds. The van der Waals surface area contributed by atoms with Gasteiger partial charge in [0.2, 0.25) is 0 Å². The lowest BCUT2D eigenvalue weighted by atomic mass is 10.0. The second kappa shape index (κ2) is 4.40. The Kier molecular flexibility index (Phi) is 3.20. The molecule has 1 aromatic carbocycles. The van der Waals surface area contributed by atoms with Crippen molar-refractivity contribution in [2.75, 3.05) is 7.11 Å². The van der Waals surface area contributed by atoms with E-state index < -0.39 is 16.6 Å².